The monoisotopic (exact) mass is 478 g/mol. The van der Waals surface area contributed by atoms with Gasteiger partial charge in [0.2, 0.25) is 0 Å². The fourth-order valence-electron chi connectivity index (χ4n) is 4.68. The smallest absolute Gasteiger partial charge is 0.251 e. The van der Waals surface area contributed by atoms with Crippen molar-refractivity contribution in [2.24, 2.45) is 0 Å². The zero-order valence-corrected chi connectivity index (χ0v) is 19.2. The summed E-state index contributed by atoms with van der Waals surface area (Å²) in [5.41, 5.74) is 3.28. The number of nitrogens with zero attached hydrogens (tertiary/aromatic N) is 2. The average molecular weight is 479 g/mol. The van der Waals surface area contributed by atoms with Gasteiger partial charge in [-0.2, -0.15) is 0 Å². The van der Waals surface area contributed by atoms with Crippen LogP contribution in [0.4, 0.5) is 4.39 Å². The Balaban J connectivity index is 1.26. The third-order valence-corrected chi connectivity index (χ3v) is 7.58. The average Bonchev–Trinajstić information content (AvgIpc) is 3.53. The number of hydrogen-bond acceptors (Lipinski definition) is 6. The lowest BCUT2D eigenvalue weighted by atomic mass is 10.0. The van der Waals surface area contributed by atoms with Gasteiger partial charge in [-0.1, -0.05) is 17.4 Å². The van der Waals surface area contributed by atoms with Crippen LogP contribution in [0, 0.1) is 5.82 Å². The number of Topliss-reactive ketones (excluding diaryl/α,β-unsaturated/α-hetero) is 1. The number of benzene rings is 2. The Kier molecular flexibility index (Phi) is 5.40. The summed E-state index contributed by atoms with van der Waals surface area (Å²) >= 11 is 1.47. The number of fused-ring (bicyclic) bond motifs is 3. The molecule has 4 aromatic rings. The molecule has 1 unspecified atom stereocenters. The molecule has 2 saturated heterocycles. The number of imidazole rings is 1. The van der Waals surface area contributed by atoms with Gasteiger partial charge in [0.25, 0.3) is 5.91 Å². The van der Waals surface area contributed by atoms with E-state index in [4.69, 9.17) is 4.74 Å². The summed E-state index contributed by atoms with van der Waals surface area (Å²) < 4.78 is 23.2. The number of carbonyl (C=O) groups excluding carboxylic acids is 2. The molecule has 2 aliphatic heterocycles. The fourth-order valence-corrected chi connectivity index (χ4v) is 5.73. The Morgan fingerprint density at radius 2 is 2.06 bits per heavy atom. The SMILES string of the molecule is O=C1CNC(c2ccc(-c3cn4c(n3)sc3cc(C(=O)NC5CCOCC5)ccc34)c(F)c2)C1. The molecule has 0 saturated carbocycles. The van der Waals surface area contributed by atoms with Crippen LogP contribution in [0.5, 0.6) is 0 Å². The third kappa shape index (κ3) is 3.89. The van der Waals surface area contributed by atoms with E-state index in [-0.39, 0.29) is 29.6 Å². The fraction of sp³-hybridized carbons (Fsp3) is 0.320. The number of hydrogen-bond donors (Lipinski definition) is 2. The maximum Gasteiger partial charge on any atom is 0.251 e. The first-order valence-electron chi connectivity index (χ1n) is 11.4. The molecular weight excluding hydrogens is 455 g/mol. The molecule has 2 aromatic heterocycles. The number of halogens is 1. The Hall–Kier alpha value is -3.14. The van der Waals surface area contributed by atoms with Crippen molar-refractivity contribution in [1.82, 2.24) is 20.0 Å². The Labute approximate surface area is 198 Å². The van der Waals surface area contributed by atoms with E-state index in [1.165, 1.54) is 17.4 Å². The summed E-state index contributed by atoms with van der Waals surface area (Å²) in [6, 6.07) is 10.7. The number of rotatable bonds is 4. The van der Waals surface area contributed by atoms with E-state index in [9.17, 15) is 14.0 Å². The Bertz CT molecular complexity index is 1420. The summed E-state index contributed by atoms with van der Waals surface area (Å²) in [6.45, 7) is 1.68. The molecule has 1 amide bonds. The molecule has 0 aliphatic carbocycles. The first-order chi connectivity index (χ1) is 16.5. The second-order valence-electron chi connectivity index (χ2n) is 8.84. The van der Waals surface area contributed by atoms with Gasteiger partial charge in [-0.3, -0.25) is 14.0 Å². The quantitative estimate of drug-likeness (QED) is 0.465. The molecule has 1 atom stereocenters. The van der Waals surface area contributed by atoms with Gasteiger partial charge in [0, 0.05) is 49.0 Å². The highest BCUT2D eigenvalue weighted by Crippen LogP contribution is 2.32. The summed E-state index contributed by atoms with van der Waals surface area (Å²) in [7, 11) is 0. The molecule has 9 heteroatoms. The number of carbonyl (C=O) groups is 2. The maximum atomic E-state index is 15.0. The van der Waals surface area contributed by atoms with Crippen LogP contribution in [0.2, 0.25) is 0 Å². The zero-order chi connectivity index (χ0) is 23.2. The molecule has 2 fully saturated rings. The van der Waals surface area contributed by atoms with Crippen LogP contribution < -0.4 is 10.6 Å². The molecule has 0 spiro atoms. The van der Waals surface area contributed by atoms with Crippen LogP contribution in [0.3, 0.4) is 0 Å². The van der Waals surface area contributed by atoms with Crippen molar-refractivity contribution in [1.29, 1.82) is 0 Å². The van der Waals surface area contributed by atoms with Gasteiger partial charge in [-0.15, -0.1) is 0 Å². The largest absolute Gasteiger partial charge is 0.381 e. The number of ketones is 1. The van der Waals surface area contributed by atoms with Crippen molar-refractivity contribution < 1.29 is 18.7 Å². The predicted octanol–water partition coefficient (Wildman–Crippen LogP) is 3.87. The van der Waals surface area contributed by atoms with E-state index in [0.717, 1.165) is 33.6 Å². The zero-order valence-electron chi connectivity index (χ0n) is 18.3. The van der Waals surface area contributed by atoms with Gasteiger partial charge in [-0.25, -0.2) is 9.37 Å². The van der Waals surface area contributed by atoms with Crippen LogP contribution >= 0.6 is 11.3 Å². The molecular formula is C25H23FN4O3S. The molecule has 2 aromatic carbocycles. The molecule has 6 rings (SSSR count). The maximum absolute atomic E-state index is 15.0. The van der Waals surface area contributed by atoms with Crippen LogP contribution in [-0.4, -0.2) is 46.9 Å². The normalized spacial score (nSPS) is 19.3. The second-order valence-corrected chi connectivity index (χ2v) is 9.85. The Morgan fingerprint density at radius 1 is 1.21 bits per heavy atom. The molecule has 2 N–H and O–H groups in total. The molecule has 4 heterocycles. The molecule has 174 valence electrons. The van der Waals surface area contributed by atoms with E-state index in [1.807, 2.05) is 34.9 Å². The highest BCUT2D eigenvalue weighted by atomic mass is 32.1. The van der Waals surface area contributed by atoms with E-state index < -0.39 is 0 Å². The molecule has 34 heavy (non-hydrogen) atoms. The van der Waals surface area contributed by atoms with Crippen molar-refractivity contribution in [3.8, 4) is 11.3 Å². The van der Waals surface area contributed by atoms with Crippen LogP contribution in [0.1, 0.15) is 41.2 Å². The lowest BCUT2D eigenvalue weighted by Gasteiger charge is -2.23. The van der Waals surface area contributed by atoms with Gasteiger partial charge in [0.1, 0.15) is 11.6 Å². The highest BCUT2D eigenvalue weighted by molar-refractivity contribution is 7.23. The van der Waals surface area contributed by atoms with Crippen LogP contribution in [0.25, 0.3) is 26.4 Å². The number of amides is 1. The van der Waals surface area contributed by atoms with Crippen molar-refractivity contribution in [3.05, 3.63) is 59.5 Å². The minimum Gasteiger partial charge on any atom is -0.381 e. The molecule has 0 bridgehead atoms. The van der Waals surface area contributed by atoms with Crippen molar-refractivity contribution in [3.63, 3.8) is 0 Å². The first-order valence-corrected chi connectivity index (χ1v) is 12.2. The van der Waals surface area contributed by atoms with Gasteiger partial charge in [0.15, 0.2) is 4.96 Å². The highest BCUT2D eigenvalue weighted by Gasteiger charge is 2.24. The summed E-state index contributed by atoms with van der Waals surface area (Å²) in [5, 5.41) is 6.20. The van der Waals surface area contributed by atoms with Crippen molar-refractivity contribution in [2.75, 3.05) is 19.8 Å². The van der Waals surface area contributed by atoms with Gasteiger partial charge in [0.05, 0.1) is 22.5 Å². The molecule has 2 aliphatic rings. The minimum atomic E-state index is -0.360. The van der Waals surface area contributed by atoms with Crippen molar-refractivity contribution >= 4 is 38.2 Å². The second kappa shape index (κ2) is 8.57. The molecule has 0 radical (unpaired) electrons. The number of nitrogens with one attached hydrogen (secondary N) is 2. The van der Waals surface area contributed by atoms with Crippen LogP contribution in [0.15, 0.2) is 42.6 Å². The van der Waals surface area contributed by atoms with Gasteiger partial charge >= 0.3 is 0 Å². The van der Waals surface area contributed by atoms with E-state index in [1.54, 1.807) is 6.07 Å². The van der Waals surface area contributed by atoms with E-state index in [2.05, 4.69) is 15.6 Å². The molecule has 7 nitrogen and oxygen atoms in total. The van der Waals surface area contributed by atoms with Gasteiger partial charge < -0.3 is 15.4 Å². The topological polar surface area (TPSA) is 84.7 Å². The van der Waals surface area contributed by atoms with Crippen LogP contribution in [-0.2, 0) is 9.53 Å². The lowest BCUT2D eigenvalue weighted by Crippen LogP contribution is -2.38. The number of thiazole rings is 1. The number of aromatic nitrogens is 2. The minimum absolute atomic E-state index is 0.0823. The summed E-state index contributed by atoms with van der Waals surface area (Å²) in [6.07, 6.45) is 3.87. The lowest BCUT2D eigenvalue weighted by molar-refractivity contribution is -0.116. The van der Waals surface area contributed by atoms with Gasteiger partial charge in [-0.05, 0) is 48.7 Å². The predicted molar refractivity (Wildman–Crippen MR) is 128 cm³/mol. The Morgan fingerprint density at radius 3 is 2.82 bits per heavy atom. The summed E-state index contributed by atoms with van der Waals surface area (Å²) in [4.78, 5) is 29.6. The van der Waals surface area contributed by atoms with E-state index in [0.29, 0.717) is 43.0 Å². The standard InChI is InChI=1S/C25H23FN4O3S/c26-19-9-14(20-11-17(31)12-27-20)1-3-18(19)21-13-30-22-4-2-15(10-23(22)34-25(30)29-21)24(32)28-16-5-7-33-8-6-16/h1-4,9-10,13,16,20,27H,5-8,11-12H2,(H,28,32). The van der Waals surface area contributed by atoms with E-state index >= 15 is 0 Å². The van der Waals surface area contributed by atoms with Crippen molar-refractivity contribution in [2.45, 2.75) is 31.3 Å². The number of ether oxygens (including phenoxy) is 1. The summed E-state index contributed by atoms with van der Waals surface area (Å²) in [5.74, 6) is -0.304. The first kappa shape index (κ1) is 21.4. The third-order valence-electron chi connectivity index (χ3n) is 6.56.